The molecule has 2 rings (SSSR count). The molecule has 1 aromatic carbocycles. The Balaban J connectivity index is 2.18. The summed E-state index contributed by atoms with van der Waals surface area (Å²) in [5, 5.41) is 5.92. The lowest BCUT2D eigenvalue weighted by molar-refractivity contribution is -0.123. The van der Waals surface area contributed by atoms with Crippen molar-refractivity contribution in [2.45, 2.75) is 19.6 Å². The molecule has 8 heteroatoms. The van der Waals surface area contributed by atoms with Crippen LogP contribution < -0.4 is 5.32 Å². The van der Waals surface area contributed by atoms with Crippen molar-refractivity contribution in [1.29, 1.82) is 0 Å². The average Bonchev–Trinajstić information content (AvgIpc) is 2.71. The van der Waals surface area contributed by atoms with Crippen LogP contribution in [0.3, 0.4) is 0 Å². The van der Waals surface area contributed by atoms with Crippen molar-refractivity contribution >= 4 is 17.5 Å². The van der Waals surface area contributed by atoms with E-state index in [4.69, 9.17) is 11.6 Å². The lowest BCUT2D eigenvalue weighted by Gasteiger charge is -2.08. The molecule has 0 atom stereocenters. The van der Waals surface area contributed by atoms with E-state index >= 15 is 0 Å². The van der Waals surface area contributed by atoms with E-state index < -0.39 is 18.6 Å². The first-order chi connectivity index (χ1) is 10.3. The summed E-state index contributed by atoms with van der Waals surface area (Å²) in [5.41, 5.74) is 1.15. The summed E-state index contributed by atoms with van der Waals surface area (Å²) in [4.78, 5) is 11.8. The first kappa shape index (κ1) is 16.4. The van der Waals surface area contributed by atoms with Gasteiger partial charge in [0.05, 0.1) is 17.8 Å². The van der Waals surface area contributed by atoms with E-state index in [-0.39, 0.29) is 16.4 Å². The number of halogens is 4. The minimum atomic E-state index is -4.48. The highest BCUT2D eigenvalue weighted by molar-refractivity contribution is 6.33. The summed E-state index contributed by atoms with van der Waals surface area (Å²) in [6.07, 6.45) is -4.48. The molecule has 22 heavy (non-hydrogen) atoms. The van der Waals surface area contributed by atoms with Gasteiger partial charge in [0.2, 0.25) is 0 Å². The third kappa shape index (κ3) is 4.00. The van der Waals surface area contributed by atoms with Crippen molar-refractivity contribution in [3.63, 3.8) is 0 Å². The smallest absolute Gasteiger partial charge is 0.343 e. The largest absolute Gasteiger partial charge is 0.405 e. The third-order valence-electron chi connectivity index (χ3n) is 2.92. The Hall–Kier alpha value is -2.02. The summed E-state index contributed by atoms with van der Waals surface area (Å²) < 4.78 is 37.9. The molecule has 0 aliphatic rings. The van der Waals surface area contributed by atoms with Crippen LogP contribution in [0, 0.1) is 6.92 Å². The van der Waals surface area contributed by atoms with Crippen molar-refractivity contribution in [3.8, 4) is 0 Å². The summed E-state index contributed by atoms with van der Waals surface area (Å²) in [6, 6.07) is 9.26. The van der Waals surface area contributed by atoms with Gasteiger partial charge in [-0.3, -0.25) is 4.79 Å². The zero-order chi connectivity index (χ0) is 16.3. The first-order valence-corrected chi connectivity index (χ1v) is 6.77. The summed E-state index contributed by atoms with van der Waals surface area (Å²) in [7, 11) is 0. The number of aryl methyl sites for hydroxylation is 1. The minimum Gasteiger partial charge on any atom is -0.343 e. The normalized spacial score (nSPS) is 11.5. The maximum absolute atomic E-state index is 12.2. The quantitative estimate of drug-likeness (QED) is 0.935. The predicted molar refractivity (Wildman–Crippen MR) is 75.9 cm³/mol. The van der Waals surface area contributed by atoms with Gasteiger partial charge in [0, 0.05) is 0 Å². The van der Waals surface area contributed by atoms with Crippen LogP contribution in [0.2, 0.25) is 5.15 Å². The Morgan fingerprint density at radius 3 is 2.55 bits per heavy atom. The molecule has 2 aromatic rings. The zero-order valence-electron chi connectivity index (χ0n) is 11.6. The van der Waals surface area contributed by atoms with Gasteiger partial charge >= 0.3 is 6.18 Å². The van der Waals surface area contributed by atoms with Gasteiger partial charge in [-0.1, -0.05) is 41.9 Å². The molecule has 0 spiro atoms. The molecule has 0 bridgehead atoms. The van der Waals surface area contributed by atoms with Crippen LogP contribution in [-0.2, 0) is 6.54 Å². The van der Waals surface area contributed by atoms with Gasteiger partial charge in [-0.05, 0) is 12.5 Å². The number of amides is 1. The van der Waals surface area contributed by atoms with Gasteiger partial charge in [-0.15, -0.1) is 0 Å². The number of benzene rings is 1. The second kappa shape index (κ2) is 6.39. The Morgan fingerprint density at radius 2 is 1.95 bits per heavy atom. The van der Waals surface area contributed by atoms with Crippen LogP contribution in [0.15, 0.2) is 30.3 Å². The molecule has 1 heterocycles. The van der Waals surface area contributed by atoms with E-state index in [2.05, 4.69) is 5.10 Å². The zero-order valence-corrected chi connectivity index (χ0v) is 12.4. The molecular formula is C14H13ClF3N3O. The number of aromatic nitrogens is 2. The van der Waals surface area contributed by atoms with Crippen LogP contribution in [0.1, 0.15) is 21.6 Å². The van der Waals surface area contributed by atoms with Crippen molar-refractivity contribution in [3.05, 3.63) is 52.3 Å². The van der Waals surface area contributed by atoms with Gasteiger partial charge in [0.15, 0.2) is 0 Å². The number of carbonyl (C=O) groups excluding carboxylic acids is 1. The van der Waals surface area contributed by atoms with Crippen LogP contribution in [0.4, 0.5) is 13.2 Å². The maximum Gasteiger partial charge on any atom is 0.405 e. The summed E-state index contributed by atoms with van der Waals surface area (Å²) >= 11 is 6.08. The number of carbonyl (C=O) groups is 1. The van der Waals surface area contributed by atoms with Crippen molar-refractivity contribution in [2.75, 3.05) is 6.54 Å². The van der Waals surface area contributed by atoms with E-state index in [1.165, 1.54) is 11.6 Å². The average molecular weight is 332 g/mol. The molecule has 0 fully saturated rings. The van der Waals surface area contributed by atoms with Gasteiger partial charge in [-0.25, -0.2) is 4.68 Å². The number of alkyl halides is 3. The molecular weight excluding hydrogens is 319 g/mol. The SMILES string of the molecule is Cc1nn(Cc2ccccc2)c(Cl)c1C(=O)NCC(F)(F)F. The molecule has 118 valence electrons. The number of nitrogens with zero attached hydrogens (tertiary/aromatic N) is 2. The number of hydrogen-bond acceptors (Lipinski definition) is 2. The van der Waals surface area contributed by atoms with Gasteiger partial charge in [0.25, 0.3) is 5.91 Å². The topological polar surface area (TPSA) is 46.9 Å². The Kier molecular flexibility index (Phi) is 4.75. The van der Waals surface area contributed by atoms with Gasteiger partial charge in [0.1, 0.15) is 11.7 Å². The van der Waals surface area contributed by atoms with Crippen LogP contribution in [0.5, 0.6) is 0 Å². The fraction of sp³-hybridized carbons (Fsp3) is 0.286. The van der Waals surface area contributed by atoms with E-state index in [0.717, 1.165) is 5.56 Å². The molecule has 0 radical (unpaired) electrons. The third-order valence-corrected chi connectivity index (χ3v) is 3.30. The van der Waals surface area contributed by atoms with Crippen molar-refractivity contribution in [1.82, 2.24) is 15.1 Å². The second-order valence-electron chi connectivity index (χ2n) is 4.69. The van der Waals surface area contributed by atoms with Crippen molar-refractivity contribution < 1.29 is 18.0 Å². The highest BCUT2D eigenvalue weighted by atomic mass is 35.5. The lowest BCUT2D eigenvalue weighted by Crippen LogP contribution is -2.34. The maximum atomic E-state index is 12.2. The second-order valence-corrected chi connectivity index (χ2v) is 5.05. The Labute approximate surface area is 129 Å². The number of rotatable bonds is 4. The predicted octanol–water partition coefficient (Wildman–Crippen LogP) is 3.19. The molecule has 0 aliphatic heterocycles. The standard InChI is InChI=1S/C14H13ClF3N3O/c1-9-11(13(22)19-8-14(16,17)18)12(15)21(20-9)7-10-5-3-2-4-6-10/h2-6H,7-8H2,1H3,(H,19,22). The molecule has 0 aliphatic carbocycles. The summed E-state index contributed by atoms with van der Waals surface area (Å²) in [6.45, 7) is 0.439. The van der Waals surface area contributed by atoms with Crippen molar-refractivity contribution in [2.24, 2.45) is 0 Å². The molecule has 1 amide bonds. The molecule has 0 saturated heterocycles. The molecule has 1 N–H and O–H groups in total. The Morgan fingerprint density at radius 1 is 1.32 bits per heavy atom. The molecule has 1 aromatic heterocycles. The number of hydrogen-bond donors (Lipinski definition) is 1. The monoisotopic (exact) mass is 331 g/mol. The molecule has 0 unspecified atom stereocenters. The van der Waals surface area contributed by atoms with E-state index in [1.54, 1.807) is 5.32 Å². The van der Waals surface area contributed by atoms with E-state index in [1.807, 2.05) is 30.3 Å². The fourth-order valence-corrected chi connectivity index (χ4v) is 2.26. The van der Waals surface area contributed by atoms with Gasteiger partial charge < -0.3 is 5.32 Å². The summed E-state index contributed by atoms with van der Waals surface area (Å²) in [5.74, 6) is -0.890. The van der Waals surface area contributed by atoms with Crippen LogP contribution in [-0.4, -0.2) is 28.4 Å². The molecule has 4 nitrogen and oxygen atoms in total. The van der Waals surface area contributed by atoms with Crippen LogP contribution in [0.25, 0.3) is 0 Å². The fourth-order valence-electron chi connectivity index (χ4n) is 1.94. The van der Waals surface area contributed by atoms with E-state index in [0.29, 0.717) is 6.54 Å². The molecule has 0 saturated carbocycles. The van der Waals surface area contributed by atoms with Crippen LogP contribution >= 0.6 is 11.6 Å². The van der Waals surface area contributed by atoms with Gasteiger partial charge in [-0.2, -0.15) is 18.3 Å². The minimum absolute atomic E-state index is 0.0148. The lowest BCUT2D eigenvalue weighted by atomic mass is 10.2. The highest BCUT2D eigenvalue weighted by Gasteiger charge is 2.29. The number of nitrogens with one attached hydrogen (secondary N) is 1. The van der Waals surface area contributed by atoms with E-state index in [9.17, 15) is 18.0 Å². The Bertz CT molecular complexity index is 668. The first-order valence-electron chi connectivity index (χ1n) is 6.39. The highest BCUT2D eigenvalue weighted by Crippen LogP contribution is 2.21.